The molecule has 26 heavy (non-hydrogen) atoms. The second-order valence-corrected chi connectivity index (χ2v) is 5.85. The summed E-state index contributed by atoms with van der Waals surface area (Å²) in [4.78, 5) is 4.50. The van der Waals surface area contributed by atoms with Crippen LogP contribution in [-0.2, 0) is 0 Å². The van der Waals surface area contributed by atoms with Crippen LogP contribution < -0.4 is 4.74 Å². The lowest BCUT2D eigenvalue weighted by atomic mass is 10.1. The Labute approximate surface area is 150 Å². The zero-order valence-electron chi connectivity index (χ0n) is 14.7. The van der Waals surface area contributed by atoms with Gasteiger partial charge in [-0.1, -0.05) is 46.8 Å². The molecule has 0 bridgehead atoms. The van der Waals surface area contributed by atoms with Crippen molar-refractivity contribution in [2.75, 3.05) is 7.11 Å². The van der Waals surface area contributed by atoms with E-state index in [0.29, 0.717) is 23.2 Å². The predicted molar refractivity (Wildman–Crippen MR) is 96.1 cm³/mol. The van der Waals surface area contributed by atoms with Crippen LogP contribution in [0.2, 0.25) is 0 Å². The molecule has 0 aliphatic heterocycles. The highest BCUT2D eigenvalue weighted by molar-refractivity contribution is 5.62. The Bertz CT molecular complexity index is 1070. The molecule has 4 aromatic rings. The fourth-order valence-electron chi connectivity index (χ4n) is 2.81. The Hall–Kier alpha value is -3.48. The molecule has 0 amide bonds. The van der Waals surface area contributed by atoms with Crippen LogP contribution in [0.4, 0.5) is 0 Å². The number of aromatic nitrogens is 5. The van der Waals surface area contributed by atoms with Crippen LogP contribution in [0.25, 0.3) is 28.7 Å². The predicted octanol–water partition coefficient (Wildman–Crippen LogP) is 3.61. The SMILES string of the molecule is COc1ccccc1-n1nnc(-c2nc(-c3ccccc3C)no2)c1C. The molecule has 2 aromatic heterocycles. The molecule has 4 rings (SSSR count). The number of benzene rings is 2. The molecule has 0 spiro atoms. The summed E-state index contributed by atoms with van der Waals surface area (Å²) >= 11 is 0. The van der Waals surface area contributed by atoms with Crippen LogP contribution in [0.1, 0.15) is 11.3 Å². The molecule has 2 aromatic carbocycles. The van der Waals surface area contributed by atoms with Crippen molar-refractivity contribution in [3.8, 4) is 34.4 Å². The number of hydrogen-bond donors (Lipinski definition) is 0. The third-order valence-electron chi connectivity index (χ3n) is 4.22. The van der Waals surface area contributed by atoms with Crippen LogP contribution in [-0.4, -0.2) is 32.2 Å². The van der Waals surface area contributed by atoms with E-state index in [0.717, 1.165) is 22.5 Å². The van der Waals surface area contributed by atoms with E-state index >= 15 is 0 Å². The Morgan fingerprint density at radius 3 is 2.58 bits per heavy atom. The summed E-state index contributed by atoms with van der Waals surface area (Å²) in [5, 5.41) is 12.6. The molecular formula is C19H17N5O2. The number of ether oxygens (including phenoxy) is 1. The lowest BCUT2D eigenvalue weighted by Gasteiger charge is -2.08. The van der Waals surface area contributed by atoms with Gasteiger partial charge in [0.25, 0.3) is 5.89 Å². The van der Waals surface area contributed by atoms with Crippen LogP contribution in [0.15, 0.2) is 53.1 Å². The lowest BCUT2D eigenvalue weighted by Crippen LogP contribution is -2.01. The van der Waals surface area contributed by atoms with Crippen molar-refractivity contribution >= 4 is 0 Å². The molecule has 2 heterocycles. The van der Waals surface area contributed by atoms with Crippen molar-refractivity contribution in [2.24, 2.45) is 0 Å². The van der Waals surface area contributed by atoms with E-state index in [1.165, 1.54) is 0 Å². The third kappa shape index (κ3) is 2.63. The number of rotatable bonds is 4. The van der Waals surface area contributed by atoms with Gasteiger partial charge in [-0.05, 0) is 31.5 Å². The maximum Gasteiger partial charge on any atom is 0.280 e. The van der Waals surface area contributed by atoms with E-state index in [9.17, 15) is 0 Å². The van der Waals surface area contributed by atoms with Crippen LogP contribution in [0, 0.1) is 13.8 Å². The Balaban J connectivity index is 1.75. The highest BCUT2D eigenvalue weighted by Gasteiger charge is 2.20. The van der Waals surface area contributed by atoms with E-state index in [1.807, 2.05) is 62.4 Å². The number of methoxy groups -OCH3 is 1. The highest BCUT2D eigenvalue weighted by atomic mass is 16.5. The molecule has 0 fully saturated rings. The first-order valence-corrected chi connectivity index (χ1v) is 8.15. The van der Waals surface area contributed by atoms with Crippen molar-refractivity contribution in [1.29, 1.82) is 0 Å². The largest absolute Gasteiger partial charge is 0.494 e. The van der Waals surface area contributed by atoms with Gasteiger partial charge >= 0.3 is 0 Å². The molecule has 0 atom stereocenters. The molecule has 130 valence electrons. The summed E-state index contributed by atoms with van der Waals surface area (Å²) in [7, 11) is 1.62. The minimum absolute atomic E-state index is 0.335. The summed E-state index contributed by atoms with van der Waals surface area (Å²) < 4.78 is 12.5. The normalized spacial score (nSPS) is 10.9. The number of hydrogen-bond acceptors (Lipinski definition) is 6. The summed E-state index contributed by atoms with van der Waals surface area (Å²) in [5.74, 6) is 1.57. The highest BCUT2D eigenvalue weighted by Crippen LogP contribution is 2.28. The molecule has 0 unspecified atom stereocenters. The van der Waals surface area contributed by atoms with Crippen LogP contribution >= 0.6 is 0 Å². The van der Waals surface area contributed by atoms with E-state index in [1.54, 1.807) is 11.8 Å². The molecule has 0 aliphatic rings. The Morgan fingerprint density at radius 1 is 1.00 bits per heavy atom. The molecule has 0 N–H and O–H groups in total. The first-order chi connectivity index (χ1) is 12.7. The monoisotopic (exact) mass is 347 g/mol. The van der Waals surface area contributed by atoms with E-state index in [-0.39, 0.29) is 0 Å². The first-order valence-electron chi connectivity index (χ1n) is 8.15. The van der Waals surface area contributed by atoms with Gasteiger partial charge in [-0.3, -0.25) is 0 Å². The molecular weight excluding hydrogens is 330 g/mol. The summed E-state index contributed by atoms with van der Waals surface area (Å²) in [6.45, 7) is 3.91. The van der Waals surface area contributed by atoms with Gasteiger partial charge in [0, 0.05) is 5.56 Å². The third-order valence-corrected chi connectivity index (χ3v) is 4.22. The van der Waals surface area contributed by atoms with E-state index in [2.05, 4.69) is 20.5 Å². The summed E-state index contributed by atoms with van der Waals surface area (Å²) in [6, 6.07) is 15.5. The quantitative estimate of drug-likeness (QED) is 0.561. The molecule has 7 heteroatoms. The van der Waals surface area contributed by atoms with Gasteiger partial charge in [-0.2, -0.15) is 4.98 Å². The number of nitrogens with zero attached hydrogens (tertiary/aromatic N) is 5. The zero-order valence-corrected chi connectivity index (χ0v) is 14.7. The van der Waals surface area contributed by atoms with Crippen molar-refractivity contribution < 1.29 is 9.26 Å². The topological polar surface area (TPSA) is 78.9 Å². The van der Waals surface area contributed by atoms with E-state index < -0.39 is 0 Å². The molecule has 0 aliphatic carbocycles. The fraction of sp³-hybridized carbons (Fsp3) is 0.158. The van der Waals surface area contributed by atoms with E-state index in [4.69, 9.17) is 9.26 Å². The Kier molecular flexibility index (Phi) is 3.96. The van der Waals surface area contributed by atoms with Gasteiger partial charge in [0.1, 0.15) is 11.4 Å². The van der Waals surface area contributed by atoms with Crippen LogP contribution in [0.3, 0.4) is 0 Å². The fourth-order valence-corrected chi connectivity index (χ4v) is 2.81. The summed E-state index contributed by atoms with van der Waals surface area (Å²) in [6.07, 6.45) is 0. The summed E-state index contributed by atoms with van der Waals surface area (Å²) in [5.41, 5.74) is 4.13. The number of aryl methyl sites for hydroxylation is 1. The second kappa shape index (κ2) is 6.44. The smallest absolute Gasteiger partial charge is 0.280 e. The molecule has 0 saturated heterocycles. The maximum absolute atomic E-state index is 5.44. The van der Waals surface area contributed by atoms with Gasteiger partial charge in [0.15, 0.2) is 5.69 Å². The average molecular weight is 347 g/mol. The van der Waals surface area contributed by atoms with Gasteiger partial charge < -0.3 is 9.26 Å². The van der Waals surface area contributed by atoms with Crippen LogP contribution in [0.5, 0.6) is 5.75 Å². The van der Waals surface area contributed by atoms with Gasteiger partial charge in [0.2, 0.25) is 5.82 Å². The molecule has 7 nitrogen and oxygen atoms in total. The first kappa shape index (κ1) is 16.0. The Morgan fingerprint density at radius 2 is 1.77 bits per heavy atom. The van der Waals surface area contributed by atoms with Crippen molar-refractivity contribution in [1.82, 2.24) is 25.1 Å². The number of para-hydroxylation sites is 2. The van der Waals surface area contributed by atoms with Crippen molar-refractivity contribution in [3.05, 3.63) is 59.8 Å². The van der Waals surface area contributed by atoms with Gasteiger partial charge in [-0.25, -0.2) is 4.68 Å². The average Bonchev–Trinajstić information content (AvgIpc) is 3.29. The van der Waals surface area contributed by atoms with Crippen molar-refractivity contribution in [2.45, 2.75) is 13.8 Å². The molecule has 0 saturated carbocycles. The standard InChI is InChI=1S/C19H17N5O2/c1-12-8-4-5-9-14(12)18-20-19(26-22-18)17-13(2)24(23-21-17)15-10-6-7-11-16(15)25-3/h4-11H,1-3H3. The zero-order chi connectivity index (χ0) is 18.1. The van der Waals surface area contributed by atoms with Gasteiger partial charge in [-0.15, -0.1) is 5.10 Å². The minimum Gasteiger partial charge on any atom is -0.494 e. The minimum atomic E-state index is 0.335. The second-order valence-electron chi connectivity index (χ2n) is 5.85. The van der Waals surface area contributed by atoms with Crippen molar-refractivity contribution in [3.63, 3.8) is 0 Å². The molecule has 0 radical (unpaired) electrons. The lowest BCUT2D eigenvalue weighted by molar-refractivity contribution is 0.411. The van der Waals surface area contributed by atoms with Gasteiger partial charge in [0.05, 0.1) is 12.8 Å². The maximum atomic E-state index is 5.44.